The van der Waals surface area contributed by atoms with Crippen LogP contribution in [0.4, 0.5) is 5.82 Å². The van der Waals surface area contributed by atoms with E-state index in [2.05, 4.69) is 32.3 Å². The van der Waals surface area contributed by atoms with Gasteiger partial charge in [-0.2, -0.15) is 0 Å². The molecule has 1 amide bonds. The molecule has 2 heterocycles. The SMILES string of the molecule is Cc1cnc(NC(=O)C2CSc3ccccc32)c(Br)c1. The summed E-state index contributed by atoms with van der Waals surface area (Å²) in [7, 11) is 0. The fraction of sp³-hybridized carbons (Fsp3) is 0.200. The molecular weight excluding hydrogens is 336 g/mol. The molecule has 1 N–H and O–H groups in total. The third-order valence-electron chi connectivity index (χ3n) is 3.24. The van der Waals surface area contributed by atoms with Crippen LogP contribution in [0.1, 0.15) is 17.0 Å². The van der Waals surface area contributed by atoms with Crippen LogP contribution in [0.3, 0.4) is 0 Å². The van der Waals surface area contributed by atoms with Crippen molar-refractivity contribution in [2.45, 2.75) is 17.7 Å². The van der Waals surface area contributed by atoms with Crippen LogP contribution in [0.2, 0.25) is 0 Å². The van der Waals surface area contributed by atoms with Gasteiger partial charge in [0.25, 0.3) is 0 Å². The van der Waals surface area contributed by atoms with Crippen LogP contribution < -0.4 is 5.32 Å². The lowest BCUT2D eigenvalue weighted by atomic mass is 10.0. The number of halogens is 1. The van der Waals surface area contributed by atoms with Gasteiger partial charge >= 0.3 is 0 Å². The molecule has 1 aliphatic heterocycles. The average molecular weight is 349 g/mol. The molecule has 0 saturated carbocycles. The van der Waals surface area contributed by atoms with E-state index in [0.717, 1.165) is 21.4 Å². The quantitative estimate of drug-likeness (QED) is 0.892. The number of nitrogens with one attached hydrogen (secondary N) is 1. The third-order valence-corrected chi connectivity index (χ3v) is 5.02. The number of aryl methyl sites for hydroxylation is 1. The molecule has 20 heavy (non-hydrogen) atoms. The molecule has 1 unspecified atom stereocenters. The van der Waals surface area contributed by atoms with Crippen molar-refractivity contribution in [3.63, 3.8) is 0 Å². The summed E-state index contributed by atoms with van der Waals surface area (Å²) in [6, 6.07) is 10.0. The maximum atomic E-state index is 12.4. The van der Waals surface area contributed by atoms with E-state index in [-0.39, 0.29) is 11.8 Å². The van der Waals surface area contributed by atoms with Crippen LogP contribution >= 0.6 is 27.7 Å². The van der Waals surface area contributed by atoms with E-state index in [1.54, 1.807) is 18.0 Å². The van der Waals surface area contributed by atoms with E-state index in [4.69, 9.17) is 0 Å². The van der Waals surface area contributed by atoms with Gasteiger partial charge in [-0.15, -0.1) is 11.8 Å². The Balaban J connectivity index is 1.81. The van der Waals surface area contributed by atoms with Crippen LogP contribution in [0.25, 0.3) is 0 Å². The first-order valence-electron chi connectivity index (χ1n) is 6.30. The number of hydrogen-bond donors (Lipinski definition) is 1. The van der Waals surface area contributed by atoms with Gasteiger partial charge in [0.1, 0.15) is 5.82 Å². The second kappa shape index (κ2) is 5.58. The van der Waals surface area contributed by atoms with Gasteiger partial charge in [0, 0.05) is 16.8 Å². The molecule has 1 atom stereocenters. The van der Waals surface area contributed by atoms with E-state index in [1.807, 2.05) is 31.2 Å². The molecule has 0 saturated heterocycles. The number of benzene rings is 1. The number of carbonyl (C=O) groups is 1. The van der Waals surface area contributed by atoms with Crippen LogP contribution in [-0.4, -0.2) is 16.6 Å². The van der Waals surface area contributed by atoms with Crippen molar-refractivity contribution in [2.75, 3.05) is 11.1 Å². The van der Waals surface area contributed by atoms with Crippen molar-refractivity contribution in [1.82, 2.24) is 4.98 Å². The lowest BCUT2D eigenvalue weighted by Crippen LogP contribution is -2.21. The summed E-state index contributed by atoms with van der Waals surface area (Å²) in [5.41, 5.74) is 2.16. The second-order valence-corrected chi connectivity index (χ2v) is 6.65. The second-order valence-electron chi connectivity index (χ2n) is 4.73. The lowest BCUT2D eigenvalue weighted by Gasteiger charge is -2.12. The average Bonchev–Trinajstić information content (AvgIpc) is 2.86. The molecule has 102 valence electrons. The summed E-state index contributed by atoms with van der Waals surface area (Å²) in [5, 5.41) is 2.91. The van der Waals surface area contributed by atoms with Gasteiger partial charge in [0.2, 0.25) is 5.91 Å². The Morgan fingerprint density at radius 3 is 3.05 bits per heavy atom. The number of fused-ring (bicyclic) bond motifs is 1. The fourth-order valence-electron chi connectivity index (χ4n) is 2.21. The number of thioether (sulfide) groups is 1. The highest BCUT2D eigenvalue weighted by atomic mass is 79.9. The molecule has 1 aromatic carbocycles. The summed E-state index contributed by atoms with van der Waals surface area (Å²) in [6.07, 6.45) is 1.75. The van der Waals surface area contributed by atoms with Gasteiger partial charge in [0.15, 0.2) is 0 Å². The van der Waals surface area contributed by atoms with Crippen molar-refractivity contribution in [3.8, 4) is 0 Å². The summed E-state index contributed by atoms with van der Waals surface area (Å²) in [6.45, 7) is 1.97. The van der Waals surface area contributed by atoms with Crippen LogP contribution in [0.5, 0.6) is 0 Å². The van der Waals surface area contributed by atoms with Gasteiger partial charge < -0.3 is 5.32 Å². The number of hydrogen-bond acceptors (Lipinski definition) is 3. The minimum absolute atomic E-state index is 0.000460. The van der Waals surface area contributed by atoms with E-state index in [1.165, 1.54) is 4.90 Å². The Morgan fingerprint density at radius 1 is 1.45 bits per heavy atom. The van der Waals surface area contributed by atoms with E-state index in [0.29, 0.717) is 5.82 Å². The highest BCUT2D eigenvalue weighted by molar-refractivity contribution is 9.10. The van der Waals surface area contributed by atoms with Crippen molar-refractivity contribution in [1.29, 1.82) is 0 Å². The number of carbonyl (C=O) groups excluding carboxylic acids is 1. The Bertz CT molecular complexity index is 675. The standard InChI is InChI=1S/C15H13BrN2OS/c1-9-6-12(16)14(17-7-9)18-15(19)11-8-20-13-5-3-2-4-10(11)13/h2-7,11H,8H2,1H3,(H,17,18,19). The third kappa shape index (κ3) is 2.60. The molecule has 3 nitrogen and oxygen atoms in total. The van der Waals surface area contributed by atoms with E-state index < -0.39 is 0 Å². The maximum absolute atomic E-state index is 12.4. The monoisotopic (exact) mass is 348 g/mol. The number of nitrogens with zero attached hydrogens (tertiary/aromatic N) is 1. The molecule has 0 aliphatic carbocycles. The van der Waals surface area contributed by atoms with Gasteiger partial charge in [-0.25, -0.2) is 4.98 Å². The minimum Gasteiger partial charge on any atom is -0.309 e. The molecular formula is C15H13BrN2OS. The molecule has 0 bridgehead atoms. The van der Waals surface area contributed by atoms with Crippen LogP contribution in [0, 0.1) is 6.92 Å². The zero-order chi connectivity index (χ0) is 14.1. The Hall–Kier alpha value is -1.33. The van der Waals surface area contributed by atoms with Crippen molar-refractivity contribution in [3.05, 3.63) is 52.1 Å². The molecule has 0 spiro atoms. The van der Waals surface area contributed by atoms with Crippen molar-refractivity contribution < 1.29 is 4.79 Å². The Kier molecular flexibility index (Phi) is 3.81. The largest absolute Gasteiger partial charge is 0.309 e. The first kappa shape index (κ1) is 13.6. The van der Waals surface area contributed by atoms with Gasteiger partial charge in [-0.05, 0) is 46.1 Å². The highest BCUT2D eigenvalue weighted by Gasteiger charge is 2.29. The van der Waals surface area contributed by atoms with Crippen LogP contribution in [0.15, 0.2) is 45.9 Å². The smallest absolute Gasteiger partial charge is 0.233 e. The number of anilines is 1. The minimum atomic E-state index is -0.105. The molecule has 2 aromatic rings. The maximum Gasteiger partial charge on any atom is 0.233 e. The molecule has 1 aromatic heterocycles. The lowest BCUT2D eigenvalue weighted by molar-refractivity contribution is -0.117. The zero-order valence-electron chi connectivity index (χ0n) is 10.9. The fourth-order valence-corrected chi connectivity index (χ4v) is 4.00. The molecule has 3 rings (SSSR count). The number of rotatable bonds is 2. The molecule has 0 fully saturated rings. The van der Waals surface area contributed by atoms with E-state index >= 15 is 0 Å². The first-order valence-corrected chi connectivity index (χ1v) is 8.08. The van der Waals surface area contributed by atoms with Gasteiger partial charge in [-0.1, -0.05) is 18.2 Å². The molecule has 1 aliphatic rings. The van der Waals surface area contributed by atoms with E-state index in [9.17, 15) is 4.79 Å². The summed E-state index contributed by atoms with van der Waals surface area (Å²) in [5.74, 6) is 1.26. The summed E-state index contributed by atoms with van der Waals surface area (Å²) < 4.78 is 0.810. The molecule has 0 radical (unpaired) electrons. The Morgan fingerprint density at radius 2 is 2.25 bits per heavy atom. The van der Waals surface area contributed by atoms with Gasteiger partial charge in [-0.3, -0.25) is 4.79 Å². The van der Waals surface area contributed by atoms with Crippen molar-refractivity contribution >= 4 is 39.4 Å². The normalized spacial score (nSPS) is 16.8. The highest BCUT2D eigenvalue weighted by Crippen LogP contribution is 2.39. The number of amides is 1. The van der Waals surface area contributed by atoms with Gasteiger partial charge in [0.05, 0.1) is 10.4 Å². The zero-order valence-corrected chi connectivity index (χ0v) is 13.3. The number of pyridine rings is 1. The summed E-state index contributed by atoms with van der Waals surface area (Å²) >= 11 is 5.16. The number of aromatic nitrogens is 1. The Labute approximate surface area is 130 Å². The van der Waals surface area contributed by atoms with Crippen LogP contribution in [-0.2, 0) is 4.79 Å². The topological polar surface area (TPSA) is 42.0 Å². The predicted molar refractivity (Wildman–Crippen MR) is 85.2 cm³/mol. The molecule has 5 heteroatoms. The van der Waals surface area contributed by atoms with Crippen molar-refractivity contribution in [2.24, 2.45) is 0 Å². The summed E-state index contributed by atoms with van der Waals surface area (Å²) in [4.78, 5) is 17.9. The first-order chi connectivity index (χ1) is 9.65. The predicted octanol–water partition coefficient (Wildman–Crippen LogP) is 3.98.